The predicted octanol–water partition coefficient (Wildman–Crippen LogP) is 2.82. The maximum absolute atomic E-state index is 13.3. The fraction of sp³-hybridized carbons (Fsp3) is 0.318. The van der Waals surface area contributed by atoms with Gasteiger partial charge in [0.25, 0.3) is 0 Å². The number of hydrogen-bond donors (Lipinski definition) is 3. The minimum absolute atomic E-state index is 0.0818. The van der Waals surface area contributed by atoms with Crippen molar-refractivity contribution in [2.75, 3.05) is 11.1 Å². The lowest BCUT2D eigenvalue weighted by molar-refractivity contribution is -0.117. The average Bonchev–Trinajstić information content (AvgIpc) is 2.69. The second kappa shape index (κ2) is 7.11. The number of ketones is 2. The van der Waals surface area contributed by atoms with E-state index < -0.39 is 5.91 Å². The molecule has 1 fully saturated rings. The molecule has 6 heteroatoms. The van der Waals surface area contributed by atoms with Crippen LogP contribution < -0.4 is 16.8 Å². The number of nitrogens with two attached hydrogens (primary N) is 2. The summed E-state index contributed by atoms with van der Waals surface area (Å²) < 4.78 is 0. The lowest BCUT2D eigenvalue weighted by Gasteiger charge is -2.28. The summed E-state index contributed by atoms with van der Waals surface area (Å²) in [6.07, 6.45) is 5.38. The first kappa shape index (κ1) is 18.2. The number of anilines is 2. The molecule has 0 atom stereocenters. The van der Waals surface area contributed by atoms with Crippen LogP contribution in [0.4, 0.5) is 11.4 Å². The Morgan fingerprint density at radius 2 is 1.61 bits per heavy atom. The molecule has 0 spiro atoms. The largest absolute Gasteiger partial charge is 0.398 e. The predicted molar refractivity (Wildman–Crippen MR) is 108 cm³/mol. The van der Waals surface area contributed by atoms with Gasteiger partial charge in [0.2, 0.25) is 5.91 Å². The molecule has 0 bridgehead atoms. The highest BCUT2D eigenvalue weighted by atomic mass is 16.1. The van der Waals surface area contributed by atoms with E-state index in [1.54, 1.807) is 30.3 Å². The van der Waals surface area contributed by atoms with Crippen molar-refractivity contribution >= 4 is 28.8 Å². The fourth-order valence-electron chi connectivity index (χ4n) is 4.29. The smallest absolute Gasteiger partial charge is 0.221 e. The van der Waals surface area contributed by atoms with Gasteiger partial charge in [-0.2, -0.15) is 0 Å². The number of carbonyl (C=O) groups excluding carboxylic acids is 3. The molecule has 0 unspecified atom stereocenters. The Morgan fingerprint density at radius 3 is 2.21 bits per heavy atom. The van der Waals surface area contributed by atoms with Gasteiger partial charge in [0, 0.05) is 28.5 Å². The number of amides is 1. The molecule has 1 saturated carbocycles. The Kier molecular flexibility index (Phi) is 4.63. The fourth-order valence-corrected chi connectivity index (χ4v) is 4.29. The number of carbonyl (C=O) groups is 3. The Labute approximate surface area is 163 Å². The second-order valence-corrected chi connectivity index (χ2v) is 7.57. The number of rotatable bonds is 4. The van der Waals surface area contributed by atoms with E-state index in [2.05, 4.69) is 5.32 Å². The van der Waals surface area contributed by atoms with Crippen LogP contribution in [0, 0.1) is 0 Å². The van der Waals surface area contributed by atoms with Crippen LogP contribution in [0.3, 0.4) is 0 Å². The molecule has 144 valence electrons. The van der Waals surface area contributed by atoms with Crippen LogP contribution in [-0.2, 0) is 11.2 Å². The van der Waals surface area contributed by atoms with Crippen LogP contribution in [0.1, 0.15) is 69.5 Å². The third-order valence-corrected chi connectivity index (χ3v) is 5.65. The van der Waals surface area contributed by atoms with E-state index in [1.807, 2.05) is 0 Å². The summed E-state index contributed by atoms with van der Waals surface area (Å²) in [6, 6.07) is 8.70. The maximum atomic E-state index is 13.3. The molecular formula is C22H23N3O3. The van der Waals surface area contributed by atoms with Gasteiger partial charge in [0.15, 0.2) is 11.6 Å². The molecule has 2 aromatic rings. The lowest BCUT2D eigenvalue weighted by Crippen LogP contribution is -2.29. The monoisotopic (exact) mass is 377 g/mol. The highest BCUT2D eigenvalue weighted by molar-refractivity contribution is 6.32. The Balaban J connectivity index is 1.89. The van der Waals surface area contributed by atoms with Crippen molar-refractivity contribution in [2.45, 2.75) is 44.6 Å². The van der Waals surface area contributed by atoms with Crippen molar-refractivity contribution in [1.29, 1.82) is 0 Å². The lowest BCUT2D eigenvalue weighted by atomic mass is 9.80. The van der Waals surface area contributed by atoms with Gasteiger partial charge in [-0.15, -0.1) is 0 Å². The Bertz CT molecular complexity index is 991. The molecule has 5 N–H and O–H groups in total. The van der Waals surface area contributed by atoms with E-state index in [1.165, 1.54) is 6.42 Å². The molecule has 2 aromatic carbocycles. The zero-order chi connectivity index (χ0) is 19.8. The first-order chi connectivity index (χ1) is 13.5. The summed E-state index contributed by atoms with van der Waals surface area (Å²) in [7, 11) is 0. The van der Waals surface area contributed by atoms with Crippen LogP contribution in [0.2, 0.25) is 0 Å². The summed E-state index contributed by atoms with van der Waals surface area (Å²) >= 11 is 0. The summed E-state index contributed by atoms with van der Waals surface area (Å²) in [5.74, 6) is -1.05. The van der Waals surface area contributed by atoms with Gasteiger partial charge in [0.05, 0.1) is 17.5 Å². The van der Waals surface area contributed by atoms with E-state index in [0.29, 0.717) is 27.9 Å². The zero-order valence-electron chi connectivity index (χ0n) is 15.6. The molecule has 2 aliphatic carbocycles. The van der Waals surface area contributed by atoms with Crippen molar-refractivity contribution < 1.29 is 14.4 Å². The topological polar surface area (TPSA) is 115 Å². The maximum Gasteiger partial charge on any atom is 0.221 e. The van der Waals surface area contributed by atoms with Crippen molar-refractivity contribution in [3.05, 3.63) is 58.1 Å². The van der Waals surface area contributed by atoms with Crippen LogP contribution in [0.25, 0.3) is 0 Å². The molecule has 2 aliphatic rings. The van der Waals surface area contributed by atoms with Gasteiger partial charge in [0.1, 0.15) is 0 Å². The highest BCUT2D eigenvalue weighted by Gasteiger charge is 2.35. The third kappa shape index (κ3) is 3.05. The summed E-state index contributed by atoms with van der Waals surface area (Å²) in [4.78, 5) is 38.0. The summed E-state index contributed by atoms with van der Waals surface area (Å²) in [6.45, 7) is 0. The molecule has 0 aliphatic heterocycles. The van der Waals surface area contributed by atoms with Gasteiger partial charge in [-0.3, -0.25) is 14.4 Å². The van der Waals surface area contributed by atoms with E-state index in [4.69, 9.17) is 11.5 Å². The number of primary amides is 1. The van der Waals surface area contributed by atoms with Gasteiger partial charge < -0.3 is 16.8 Å². The van der Waals surface area contributed by atoms with Crippen molar-refractivity contribution in [2.24, 2.45) is 5.73 Å². The minimum Gasteiger partial charge on any atom is -0.398 e. The van der Waals surface area contributed by atoms with Gasteiger partial charge in [-0.1, -0.05) is 43.5 Å². The molecular weight excluding hydrogens is 354 g/mol. The third-order valence-electron chi connectivity index (χ3n) is 5.65. The molecule has 6 nitrogen and oxygen atoms in total. The first-order valence-electron chi connectivity index (χ1n) is 9.66. The summed E-state index contributed by atoms with van der Waals surface area (Å²) in [5.41, 5.74) is 14.0. The molecule has 1 amide bonds. The van der Waals surface area contributed by atoms with E-state index in [-0.39, 0.29) is 35.3 Å². The molecule has 0 radical (unpaired) electrons. The van der Waals surface area contributed by atoms with Crippen molar-refractivity contribution in [3.8, 4) is 0 Å². The highest BCUT2D eigenvalue weighted by Crippen LogP contribution is 2.38. The van der Waals surface area contributed by atoms with Crippen LogP contribution in [-0.4, -0.2) is 23.5 Å². The number of fused-ring (bicyclic) bond motifs is 2. The molecule has 28 heavy (non-hydrogen) atoms. The van der Waals surface area contributed by atoms with Gasteiger partial charge >= 0.3 is 0 Å². The van der Waals surface area contributed by atoms with Crippen LogP contribution in [0.15, 0.2) is 30.3 Å². The first-order valence-corrected chi connectivity index (χ1v) is 9.66. The minimum atomic E-state index is -0.537. The molecule has 0 aromatic heterocycles. The number of hydrogen-bond acceptors (Lipinski definition) is 5. The van der Waals surface area contributed by atoms with Gasteiger partial charge in [-0.25, -0.2) is 0 Å². The van der Waals surface area contributed by atoms with E-state index in [0.717, 1.165) is 25.7 Å². The number of benzene rings is 2. The molecule has 0 saturated heterocycles. The SMILES string of the molecule is NC(=O)Cc1cc(NC2CCCCC2)c2c(c1N)C(=O)c1ccccc1C2=O. The number of nitrogens with one attached hydrogen (secondary N) is 1. The molecule has 0 heterocycles. The zero-order valence-corrected chi connectivity index (χ0v) is 15.6. The van der Waals surface area contributed by atoms with Gasteiger partial charge in [-0.05, 0) is 24.5 Å². The molecule has 4 rings (SSSR count). The van der Waals surface area contributed by atoms with Crippen molar-refractivity contribution in [3.63, 3.8) is 0 Å². The Morgan fingerprint density at radius 1 is 1.00 bits per heavy atom. The van der Waals surface area contributed by atoms with Crippen LogP contribution in [0.5, 0.6) is 0 Å². The van der Waals surface area contributed by atoms with E-state index in [9.17, 15) is 14.4 Å². The van der Waals surface area contributed by atoms with E-state index >= 15 is 0 Å². The quantitative estimate of drug-likeness (QED) is 0.605. The standard InChI is InChI=1S/C22H23N3O3/c23-17(26)11-12-10-16(25-13-6-2-1-3-7-13)18-19(20(12)24)22(28)15-9-5-4-8-14(15)21(18)27/h4-5,8-10,13,25H,1-3,6-7,11,24H2,(H2,23,26). The normalized spacial score (nSPS) is 16.4. The average molecular weight is 377 g/mol. The Hall–Kier alpha value is -3.15. The second-order valence-electron chi connectivity index (χ2n) is 7.57. The van der Waals surface area contributed by atoms with Crippen molar-refractivity contribution in [1.82, 2.24) is 0 Å². The number of nitrogen functional groups attached to an aromatic ring is 1. The van der Waals surface area contributed by atoms with Crippen LogP contribution >= 0.6 is 0 Å². The summed E-state index contributed by atoms with van der Waals surface area (Å²) in [5, 5.41) is 3.45.